The monoisotopic (exact) mass is 331 g/mol. The Bertz CT molecular complexity index is 699. The summed E-state index contributed by atoms with van der Waals surface area (Å²) in [6.45, 7) is 0.694. The van der Waals surface area contributed by atoms with Gasteiger partial charge in [0.05, 0.1) is 23.9 Å². The van der Waals surface area contributed by atoms with Gasteiger partial charge in [-0.1, -0.05) is 12.1 Å². The first kappa shape index (κ1) is 16.6. The average Bonchev–Trinajstić information content (AvgIpc) is 3.03. The van der Waals surface area contributed by atoms with Crippen molar-refractivity contribution in [3.8, 4) is 0 Å². The predicted octanol–water partition coefficient (Wildman–Crippen LogP) is 2.42. The van der Waals surface area contributed by atoms with Gasteiger partial charge in [-0.05, 0) is 37.0 Å². The molecule has 1 fully saturated rings. The predicted molar refractivity (Wildman–Crippen MR) is 88.2 cm³/mol. The van der Waals surface area contributed by atoms with E-state index in [9.17, 15) is 9.18 Å². The molecule has 0 saturated carbocycles. The molecule has 1 saturated heterocycles. The fraction of sp³-hybridized carbons (Fsp3) is 0.444. The number of carbonyl (C=O) groups is 1. The fourth-order valence-corrected chi connectivity index (χ4v) is 3.35. The van der Waals surface area contributed by atoms with Crippen molar-refractivity contribution in [3.05, 3.63) is 53.6 Å². The standard InChI is InChI=1S/C18H22FN3O2/c1-21-12-14(11-20-21)18(23)22-9-3-4-17(24-2)16(22)10-13-5-7-15(19)8-6-13/h5-8,11-12,16-17H,3-4,9-10H2,1-2H3/t16-,17-/m0/s1. The number of methoxy groups -OCH3 is 1. The highest BCUT2D eigenvalue weighted by molar-refractivity contribution is 5.94. The van der Waals surface area contributed by atoms with Gasteiger partial charge in [0.15, 0.2) is 0 Å². The van der Waals surface area contributed by atoms with Crippen molar-refractivity contribution >= 4 is 5.91 Å². The number of ether oxygens (including phenoxy) is 1. The minimum absolute atomic E-state index is 0.0237. The third kappa shape index (κ3) is 3.48. The Labute approximate surface area is 141 Å². The first-order valence-corrected chi connectivity index (χ1v) is 8.15. The maximum absolute atomic E-state index is 13.1. The highest BCUT2D eigenvalue weighted by Crippen LogP contribution is 2.25. The van der Waals surface area contributed by atoms with Crippen LogP contribution in [-0.4, -0.2) is 46.4 Å². The van der Waals surface area contributed by atoms with Gasteiger partial charge in [0, 0.05) is 26.9 Å². The number of hydrogen-bond donors (Lipinski definition) is 0. The second-order valence-corrected chi connectivity index (χ2v) is 6.22. The lowest BCUT2D eigenvalue weighted by Gasteiger charge is -2.40. The summed E-state index contributed by atoms with van der Waals surface area (Å²) in [4.78, 5) is 14.8. The number of carbonyl (C=O) groups excluding carboxylic acids is 1. The van der Waals surface area contributed by atoms with Crippen LogP contribution in [0.4, 0.5) is 4.39 Å². The Morgan fingerprint density at radius 2 is 2.12 bits per heavy atom. The van der Waals surface area contributed by atoms with Gasteiger partial charge in [-0.3, -0.25) is 9.48 Å². The van der Waals surface area contributed by atoms with Crippen LogP contribution in [0.15, 0.2) is 36.7 Å². The van der Waals surface area contributed by atoms with E-state index >= 15 is 0 Å². The lowest BCUT2D eigenvalue weighted by Crippen LogP contribution is -2.52. The van der Waals surface area contributed by atoms with E-state index in [-0.39, 0.29) is 23.9 Å². The van der Waals surface area contributed by atoms with E-state index in [2.05, 4.69) is 5.10 Å². The van der Waals surface area contributed by atoms with Crippen molar-refractivity contribution in [1.29, 1.82) is 0 Å². The van der Waals surface area contributed by atoms with Crippen LogP contribution in [0.3, 0.4) is 0 Å². The number of piperidine rings is 1. The number of amides is 1. The van der Waals surface area contributed by atoms with E-state index in [1.54, 1.807) is 43.4 Å². The van der Waals surface area contributed by atoms with Crippen molar-refractivity contribution in [2.75, 3.05) is 13.7 Å². The molecule has 0 N–H and O–H groups in total. The Hall–Kier alpha value is -2.21. The van der Waals surface area contributed by atoms with E-state index < -0.39 is 0 Å². The normalized spacial score (nSPS) is 21.0. The second kappa shape index (κ2) is 7.13. The third-order valence-electron chi connectivity index (χ3n) is 4.59. The van der Waals surface area contributed by atoms with Gasteiger partial charge < -0.3 is 9.64 Å². The van der Waals surface area contributed by atoms with Gasteiger partial charge in [0.25, 0.3) is 5.91 Å². The van der Waals surface area contributed by atoms with Gasteiger partial charge >= 0.3 is 0 Å². The minimum atomic E-state index is -0.256. The topological polar surface area (TPSA) is 47.4 Å². The number of rotatable bonds is 4. The molecule has 24 heavy (non-hydrogen) atoms. The number of nitrogens with zero attached hydrogens (tertiary/aromatic N) is 3. The number of likely N-dealkylation sites (tertiary alicyclic amines) is 1. The lowest BCUT2D eigenvalue weighted by molar-refractivity contribution is -0.0117. The molecule has 2 heterocycles. The Kier molecular flexibility index (Phi) is 4.94. The quantitative estimate of drug-likeness (QED) is 0.864. The van der Waals surface area contributed by atoms with Crippen LogP contribution < -0.4 is 0 Å². The molecule has 5 nitrogen and oxygen atoms in total. The van der Waals surface area contributed by atoms with Crippen molar-refractivity contribution < 1.29 is 13.9 Å². The van der Waals surface area contributed by atoms with Crippen molar-refractivity contribution in [3.63, 3.8) is 0 Å². The molecule has 1 aromatic heterocycles. The van der Waals surface area contributed by atoms with Gasteiger partial charge in [-0.25, -0.2) is 4.39 Å². The summed E-state index contributed by atoms with van der Waals surface area (Å²) >= 11 is 0. The number of aryl methyl sites for hydroxylation is 1. The molecule has 6 heteroatoms. The van der Waals surface area contributed by atoms with Crippen LogP contribution in [0.1, 0.15) is 28.8 Å². The Morgan fingerprint density at radius 1 is 1.38 bits per heavy atom. The lowest BCUT2D eigenvalue weighted by atomic mass is 9.92. The summed E-state index contributed by atoms with van der Waals surface area (Å²) in [6.07, 6.45) is 5.76. The Balaban J connectivity index is 1.84. The summed E-state index contributed by atoms with van der Waals surface area (Å²) in [6, 6.07) is 6.37. The van der Waals surface area contributed by atoms with Crippen molar-refractivity contribution in [1.82, 2.24) is 14.7 Å². The minimum Gasteiger partial charge on any atom is -0.379 e. The zero-order chi connectivity index (χ0) is 17.1. The SMILES string of the molecule is CO[C@H]1CCCN(C(=O)c2cnn(C)c2)[C@H]1Cc1ccc(F)cc1. The van der Waals surface area contributed by atoms with Gasteiger partial charge in [-0.15, -0.1) is 0 Å². The molecule has 1 aromatic carbocycles. The van der Waals surface area contributed by atoms with E-state index in [0.717, 1.165) is 18.4 Å². The third-order valence-corrected chi connectivity index (χ3v) is 4.59. The van der Waals surface area contributed by atoms with E-state index in [1.807, 2.05) is 4.90 Å². The summed E-state index contributed by atoms with van der Waals surface area (Å²) in [5, 5.41) is 4.09. The van der Waals surface area contributed by atoms with Crippen molar-refractivity contribution in [2.45, 2.75) is 31.4 Å². The molecule has 0 radical (unpaired) electrons. The molecule has 0 aliphatic carbocycles. The summed E-state index contributed by atoms with van der Waals surface area (Å²) < 4.78 is 20.4. The number of hydrogen-bond acceptors (Lipinski definition) is 3. The molecular weight excluding hydrogens is 309 g/mol. The molecule has 1 aliphatic rings. The maximum Gasteiger partial charge on any atom is 0.257 e. The van der Waals surface area contributed by atoms with E-state index in [0.29, 0.717) is 18.5 Å². The largest absolute Gasteiger partial charge is 0.379 e. The second-order valence-electron chi connectivity index (χ2n) is 6.22. The van der Waals surface area contributed by atoms with Gasteiger partial charge in [-0.2, -0.15) is 5.10 Å². The highest BCUT2D eigenvalue weighted by atomic mass is 19.1. The number of aromatic nitrogens is 2. The first-order valence-electron chi connectivity index (χ1n) is 8.15. The average molecular weight is 331 g/mol. The van der Waals surface area contributed by atoms with E-state index in [4.69, 9.17) is 4.74 Å². The number of benzene rings is 1. The fourth-order valence-electron chi connectivity index (χ4n) is 3.35. The van der Waals surface area contributed by atoms with Crippen LogP contribution >= 0.6 is 0 Å². The smallest absolute Gasteiger partial charge is 0.257 e. The van der Waals surface area contributed by atoms with Gasteiger partial charge in [0.2, 0.25) is 0 Å². The Morgan fingerprint density at radius 3 is 2.75 bits per heavy atom. The summed E-state index contributed by atoms with van der Waals surface area (Å²) in [7, 11) is 3.47. The molecule has 0 spiro atoms. The molecule has 1 aliphatic heterocycles. The van der Waals surface area contributed by atoms with E-state index in [1.165, 1.54) is 12.1 Å². The molecule has 0 unspecified atom stereocenters. The van der Waals surface area contributed by atoms with Crippen LogP contribution in [0.5, 0.6) is 0 Å². The molecular formula is C18H22FN3O2. The van der Waals surface area contributed by atoms with Crippen LogP contribution in [0, 0.1) is 5.82 Å². The molecule has 128 valence electrons. The molecule has 2 aromatic rings. The first-order chi connectivity index (χ1) is 11.6. The van der Waals surface area contributed by atoms with Crippen LogP contribution in [0.2, 0.25) is 0 Å². The summed E-state index contributed by atoms with van der Waals surface area (Å²) in [5.41, 5.74) is 1.58. The summed E-state index contributed by atoms with van der Waals surface area (Å²) in [5.74, 6) is -0.286. The van der Waals surface area contributed by atoms with Gasteiger partial charge in [0.1, 0.15) is 5.82 Å². The maximum atomic E-state index is 13.1. The van der Waals surface area contributed by atoms with Crippen molar-refractivity contribution in [2.24, 2.45) is 7.05 Å². The van der Waals surface area contributed by atoms with Crippen LogP contribution in [0.25, 0.3) is 0 Å². The molecule has 3 rings (SSSR count). The molecule has 1 amide bonds. The van der Waals surface area contributed by atoms with Crippen LogP contribution in [-0.2, 0) is 18.2 Å². The zero-order valence-corrected chi connectivity index (χ0v) is 14.0. The zero-order valence-electron chi connectivity index (χ0n) is 14.0. The molecule has 0 bridgehead atoms. The highest BCUT2D eigenvalue weighted by Gasteiger charge is 2.35. The number of halogens is 1. The molecule has 2 atom stereocenters.